The van der Waals surface area contributed by atoms with Gasteiger partial charge >= 0.3 is 6.18 Å². The van der Waals surface area contributed by atoms with Crippen LogP contribution in [-0.4, -0.2) is 9.78 Å². The highest BCUT2D eigenvalue weighted by molar-refractivity contribution is 5.46. The van der Waals surface area contributed by atoms with Crippen molar-refractivity contribution in [3.63, 3.8) is 0 Å². The van der Waals surface area contributed by atoms with Crippen LogP contribution in [0.4, 0.5) is 13.2 Å². The summed E-state index contributed by atoms with van der Waals surface area (Å²) in [4.78, 5) is 0. The largest absolute Gasteiger partial charge is 0.438 e. The zero-order valence-corrected chi connectivity index (χ0v) is 10.6. The Morgan fingerprint density at radius 3 is 2.24 bits per heavy atom. The Hall–Kier alpha value is -3.00. The van der Waals surface area contributed by atoms with Gasteiger partial charge in [-0.2, -0.15) is 28.8 Å². The summed E-state index contributed by atoms with van der Waals surface area (Å²) in [6.45, 7) is 0. The first-order valence-corrected chi connectivity index (χ1v) is 5.59. The van der Waals surface area contributed by atoms with E-state index in [1.165, 1.54) is 37.4 Å². The Balaban J connectivity index is 2.43. The topological polar surface area (TPSA) is 74.6 Å². The molecule has 0 atom stereocenters. The summed E-state index contributed by atoms with van der Waals surface area (Å²) in [7, 11) is 1.25. The molecule has 0 fully saturated rings. The molecule has 0 N–H and O–H groups in total. The van der Waals surface area contributed by atoms with Crippen molar-refractivity contribution in [1.29, 1.82) is 10.5 Å². The van der Waals surface area contributed by atoms with E-state index in [0.29, 0.717) is 5.56 Å². The van der Waals surface area contributed by atoms with Crippen LogP contribution in [0.2, 0.25) is 0 Å². The van der Waals surface area contributed by atoms with Crippen molar-refractivity contribution in [2.75, 3.05) is 0 Å². The van der Waals surface area contributed by atoms with Crippen LogP contribution in [0.3, 0.4) is 0 Å². The molecule has 0 amide bonds. The fraction of sp³-hybridized carbons (Fsp3) is 0.154. The number of halogens is 3. The summed E-state index contributed by atoms with van der Waals surface area (Å²) in [5.41, 5.74) is -1.60. The predicted molar refractivity (Wildman–Crippen MR) is 64.2 cm³/mol. The van der Waals surface area contributed by atoms with E-state index in [-0.39, 0.29) is 11.6 Å². The van der Waals surface area contributed by atoms with E-state index in [0.717, 1.165) is 4.68 Å². The highest BCUT2D eigenvalue weighted by Crippen LogP contribution is 2.36. The van der Waals surface area contributed by atoms with E-state index in [1.54, 1.807) is 0 Å². The van der Waals surface area contributed by atoms with Crippen molar-refractivity contribution in [2.45, 2.75) is 6.18 Å². The Bertz CT molecular complexity index is 748. The fourth-order valence-electron chi connectivity index (χ4n) is 1.63. The van der Waals surface area contributed by atoms with Gasteiger partial charge in [0.25, 0.3) is 0 Å². The van der Waals surface area contributed by atoms with Gasteiger partial charge in [-0.15, -0.1) is 0 Å². The molecule has 8 heteroatoms. The Labute approximate surface area is 117 Å². The summed E-state index contributed by atoms with van der Waals surface area (Å²) >= 11 is 0. The van der Waals surface area contributed by atoms with Gasteiger partial charge in [0, 0.05) is 7.05 Å². The van der Waals surface area contributed by atoms with Crippen LogP contribution >= 0.6 is 0 Å². The number of aromatic nitrogens is 2. The highest BCUT2D eigenvalue weighted by Gasteiger charge is 2.39. The normalized spacial score (nSPS) is 10.8. The molecule has 0 spiro atoms. The first-order valence-electron chi connectivity index (χ1n) is 5.59. The molecule has 5 nitrogen and oxygen atoms in total. The zero-order valence-electron chi connectivity index (χ0n) is 10.6. The lowest BCUT2D eigenvalue weighted by Crippen LogP contribution is -2.08. The molecule has 0 aliphatic heterocycles. The maximum absolute atomic E-state index is 12.7. The standard InChI is InChI=1S/C13H7F3N4O/c1-20-12(10(7-18)11(19-20)13(14,15)16)21-9-4-2-8(6-17)3-5-9/h2-5H,1H3. The highest BCUT2D eigenvalue weighted by atomic mass is 19.4. The Morgan fingerprint density at radius 1 is 1.14 bits per heavy atom. The minimum absolute atomic E-state index is 0.197. The maximum atomic E-state index is 12.7. The van der Waals surface area contributed by atoms with Gasteiger partial charge < -0.3 is 4.74 Å². The molecule has 0 radical (unpaired) electrons. The molecule has 0 bridgehead atoms. The number of nitrogens with zero attached hydrogens (tertiary/aromatic N) is 4. The van der Waals surface area contributed by atoms with Crippen LogP contribution in [0.5, 0.6) is 11.6 Å². The lowest BCUT2D eigenvalue weighted by Gasteiger charge is -2.06. The Kier molecular flexibility index (Phi) is 3.55. The molecule has 2 aromatic rings. The summed E-state index contributed by atoms with van der Waals surface area (Å²) in [5, 5.41) is 20.8. The van der Waals surface area contributed by atoms with E-state index in [4.69, 9.17) is 15.3 Å². The Morgan fingerprint density at radius 2 is 1.76 bits per heavy atom. The third kappa shape index (κ3) is 2.79. The number of aryl methyl sites for hydroxylation is 1. The number of rotatable bonds is 2. The lowest BCUT2D eigenvalue weighted by molar-refractivity contribution is -0.141. The number of ether oxygens (including phenoxy) is 1. The van der Waals surface area contributed by atoms with Crippen molar-refractivity contribution in [1.82, 2.24) is 9.78 Å². The van der Waals surface area contributed by atoms with Crippen molar-refractivity contribution in [3.8, 4) is 23.8 Å². The number of hydrogen-bond acceptors (Lipinski definition) is 4. The monoisotopic (exact) mass is 292 g/mol. The van der Waals surface area contributed by atoms with Crippen molar-refractivity contribution in [2.24, 2.45) is 7.05 Å². The second-order valence-electron chi connectivity index (χ2n) is 4.00. The van der Waals surface area contributed by atoms with Gasteiger partial charge in [0.1, 0.15) is 17.4 Å². The molecule has 1 aromatic carbocycles. The molecule has 0 saturated carbocycles. The summed E-state index contributed by atoms with van der Waals surface area (Å²) in [6, 6.07) is 9.08. The molecule has 106 valence electrons. The van der Waals surface area contributed by atoms with E-state index in [1.807, 2.05) is 6.07 Å². The average Bonchev–Trinajstić information content (AvgIpc) is 2.76. The second-order valence-corrected chi connectivity index (χ2v) is 4.00. The third-order valence-electron chi connectivity index (χ3n) is 2.57. The van der Waals surface area contributed by atoms with E-state index < -0.39 is 17.4 Å². The van der Waals surface area contributed by atoms with Gasteiger partial charge in [-0.25, -0.2) is 4.68 Å². The number of alkyl halides is 3. The molecule has 0 saturated heterocycles. The van der Waals surface area contributed by atoms with Gasteiger partial charge in [0.15, 0.2) is 5.69 Å². The van der Waals surface area contributed by atoms with Crippen molar-refractivity contribution < 1.29 is 17.9 Å². The van der Waals surface area contributed by atoms with Crippen LogP contribution in [0.1, 0.15) is 16.8 Å². The number of benzene rings is 1. The van der Waals surface area contributed by atoms with E-state index >= 15 is 0 Å². The number of hydrogen-bond donors (Lipinski definition) is 0. The van der Waals surface area contributed by atoms with Crippen LogP contribution < -0.4 is 4.74 Å². The van der Waals surface area contributed by atoms with Crippen LogP contribution in [0.15, 0.2) is 24.3 Å². The molecule has 0 aliphatic rings. The zero-order chi connectivity index (χ0) is 15.6. The van der Waals surface area contributed by atoms with Gasteiger partial charge in [-0.1, -0.05) is 0 Å². The third-order valence-corrected chi connectivity index (χ3v) is 2.57. The summed E-state index contributed by atoms with van der Waals surface area (Å²) < 4.78 is 44.4. The minimum Gasteiger partial charge on any atom is -0.438 e. The van der Waals surface area contributed by atoms with Gasteiger partial charge in [0.05, 0.1) is 11.6 Å². The fourth-order valence-corrected chi connectivity index (χ4v) is 1.63. The molecular formula is C13H7F3N4O. The second kappa shape index (κ2) is 5.17. The van der Waals surface area contributed by atoms with Gasteiger partial charge in [-0.3, -0.25) is 0 Å². The van der Waals surface area contributed by atoms with Crippen molar-refractivity contribution >= 4 is 0 Å². The first-order chi connectivity index (χ1) is 9.86. The minimum atomic E-state index is -4.74. The number of nitriles is 2. The van der Waals surface area contributed by atoms with Gasteiger partial charge in [0.2, 0.25) is 5.88 Å². The SMILES string of the molecule is Cn1nc(C(F)(F)F)c(C#N)c1Oc1ccc(C#N)cc1. The van der Waals surface area contributed by atoms with E-state index in [9.17, 15) is 13.2 Å². The van der Waals surface area contributed by atoms with Gasteiger partial charge in [-0.05, 0) is 24.3 Å². The van der Waals surface area contributed by atoms with Crippen molar-refractivity contribution in [3.05, 3.63) is 41.1 Å². The summed E-state index contributed by atoms with van der Waals surface area (Å²) in [5.74, 6) is -0.114. The van der Waals surface area contributed by atoms with Crippen LogP contribution in [-0.2, 0) is 13.2 Å². The van der Waals surface area contributed by atoms with Crippen LogP contribution in [0.25, 0.3) is 0 Å². The van der Waals surface area contributed by atoms with Crippen LogP contribution in [0, 0.1) is 22.7 Å². The lowest BCUT2D eigenvalue weighted by atomic mass is 10.2. The smallest absolute Gasteiger partial charge is 0.436 e. The molecule has 1 heterocycles. The molecule has 1 aromatic heterocycles. The summed E-state index contributed by atoms with van der Waals surface area (Å²) in [6.07, 6.45) is -4.74. The quantitative estimate of drug-likeness (QED) is 0.852. The maximum Gasteiger partial charge on any atom is 0.436 e. The molecular weight excluding hydrogens is 285 g/mol. The molecule has 21 heavy (non-hydrogen) atoms. The van der Waals surface area contributed by atoms with E-state index in [2.05, 4.69) is 5.10 Å². The molecule has 0 unspecified atom stereocenters. The first kappa shape index (κ1) is 14.4. The molecule has 2 rings (SSSR count). The predicted octanol–water partition coefficient (Wildman–Crippen LogP) is 2.97. The molecule has 0 aliphatic carbocycles. The average molecular weight is 292 g/mol.